The van der Waals surface area contributed by atoms with Gasteiger partial charge in [-0.2, -0.15) is 0 Å². The number of carboxylic acid groups (broad SMARTS) is 1. The lowest BCUT2D eigenvalue weighted by atomic mass is 9.98. The van der Waals surface area contributed by atoms with Gasteiger partial charge in [-0.25, -0.2) is 4.79 Å². The number of nitrogens with zero attached hydrogens (tertiary/aromatic N) is 1. The van der Waals surface area contributed by atoms with E-state index in [9.17, 15) is 9.59 Å². The SMILES string of the molecule is CC(C)(C)OC(=O)N1CCCc2cc(CCC(=O)O)ccc21. The number of benzene rings is 1. The van der Waals surface area contributed by atoms with Gasteiger partial charge in [0.25, 0.3) is 0 Å². The van der Waals surface area contributed by atoms with Gasteiger partial charge in [0.05, 0.1) is 5.69 Å². The normalized spacial score (nSPS) is 14.4. The van der Waals surface area contributed by atoms with Gasteiger partial charge in [0, 0.05) is 13.0 Å². The monoisotopic (exact) mass is 305 g/mol. The lowest BCUT2D eigenvalue weighted by Crippen LogP contribution is -2.39. The molecule has 0 bridgehead atoms. The standard InChI is InChI=1S/C17H23NO4/c1-17(2,3)22-16(21)18-10-4-5-13-11-12(6-8-14(13)18)7-9-15(19)20/h6,8,11H,4-5,7,9-10H2,1-3H3,(H,19,20). The second-order valence-corrected chi connectivity index (χ2v) is 6.59. The van der Waals surface area contributed by atoms with Gasteiger partial charge < -0.3 is 9.84 Å². The maximum atomic E-state index is 12.3. The smallest absolute Gasteiger partial charge is 0.414 e. The lowest BCUT2D eigenvalue weighted by Gasteiger charge is -2.32. The zero-order chi connectivity index (χ0) is 16.3. The van der Waals surface area contributed by atoms with Crippen LogP contribution >= 0.6 is 0 Å². The highest BCUT2D eigenvalue weighted by Crippen LogP contribution is 2.29. The number of hydrogen-bond donors (Lipinski definition) is 1. The predicted molar refractivity (Wildman–Crippen MR) is 84.3 cm³/mol. The number of carbonyl (C=O) groups excluding carboxylic acids is 1. The summed E-state index contributed by atoms with van der Waals surface area (Å²) >= 11 is 0. The summed E-state index contributed by atoms with van der Waals surface area (Å²) in [5.41, 5.74) is 2.43. The van der Waals surface area contributed by atoms with Gasteiger partial charge in [-0.3, -0.25) is 9.69 Å². The summed E-state index contributed by atoms with van der Waals surface area (Å²) in [6.45, 7) is 6.21. The van der Waals surface area contributed by atoms with Crippen molar-refractivity contribution in [1.82, 2.24) is 0 Å². The van der Waals surface area contributed by atoms with Crippen LogP contribution in [0.2, 0.25) is 0 Å². The molecule has 0 spiro atoms. The van der Waals surface area contributed by atoms with Crippen LogP contribution in [0.5, 0.6) is 0 Å². The van der Waals surface area contributed by atoms with Crippen molar-refractivity contribution in [2.24, 2.45) is 0 Å². The molecule has 0 aliphatic carbocycles. The second kappa shape index (κ2) is 6.38. The molecule has 1 heterocycles. The van der Waals surface area contributed by atoms with Crippen LogP contribution in [-0.2, 0) is 22.4 Å². The molecule has 0 unspecified atom stereocenters. The Hall–Kier alpha value is -2.04. The first-order chi connectivity index (χ1) is 10.3. The predicted octanol–water partition coefficient (Wildman–Crippen LogP) is 3.39. The van der Waals surface area contributed by atoms with Gasteiger partial charge in [-0.05, 0) is 57.2 Å². The molecule has 120 valence electrons. The minimum atomic E-state index is -0.798. The van der Waals surface area contributed by atoms with E-state index in [1.54, 1.807) is 4.90 Å². The van der Waals surface area contributed by atoms with E-state index in [-0.39, 0.29) is 12.5 Å². The molecule has 0 atom stereocenters. The molecular formula is C17H23NO4. The van der Waals surface area contributed by atoms with E-state index < -0.39 is 11.6 Å². The molecule has 2 rings (SSSR count). The van der Waals surface area contributed by atoms with Crippen LogP contribution < -0.4 is 4.90 Å². The minimum absolute atomic E-state index is 0.120. The van der Waals surface area contributed by atoms with Crippen LogP contribution in [-0.4, -0.2) is 29.3 Å². The molecule has 0 saturated heterocycles. The summed E-state index contributed by atoms with van der Waals surface area (Å²) in [7, 11) is 0. The molecule has 1 N–H and O–H groups in total. The summed E-state index contributed by atoms with van der Waals surface area (Å²) in [5.74, 6) is -0.798. The Morgan fingerprint density at radius 3 is 2.68 bits per heavy atom. The largest absolute Gasteiger partial charge is 0.481 e. The number of aliphatic carboxylic acids is 1. The van der Waals surface area contributed by atoms with Crippen molar-refractivity contribution in [2.75, 3.05) is 11.4 Å². The number of carboxylic acids is 1. The average molecular weight is 305 g/mol. The first kappa shape index (κ1) is 16.3. The lowest BCUT2D eigenvalue weighted by molar-refractivity contribution is -0.136. The summed E-state index contributed by atoms with van der Waals surface area (Å²) in [4.78, 5) is 24.6. The highest BCUT2D eigenvalue weighted by Gasteiger charge is 2.27. The Kier molecular flexibility index (Phi) is 4.74. The van der Waals surface area contributed by atoms with Crippen molar-refractivity contribution >= 4 is 17.7 Å². The number of rotatable bonds is 3. The van der Waals surface area contributed by atoms with Gasteiger partial charge in [0.1, 0.15) is 5.60 Å². The van der Waals surface area contributed by atoms with Crippen LogP contribution in [0.4, 0.5) is 10.5 Å². The number of ether oxygens (including phenoxy) is 1. The number of carbonyl (C=O) groups is 2. The maximum Gasteiger partial charge on any atom is 0.414 e. The van der Waals surface area contributed by atoms with Crippen molar-refractivity contribution in [1.29, 1.82) is 0 Å². The Bertz CT molecular complexity index is 575. The van der Waals surface area contributed by atoms with E-state index in [4.69, 9.17) is 9.84 Å². The topological polar surface area (TPSA) is 66.8 Å². The van der Waals surface area contributed by atoms with Crippen LogP contribution in [0.3, 0.4) is 0 Å². The zero-order valence-corrected chi connectivity index (χ0v) is 13.4. The van der Waals surface area contributed by atoms with E-state index in [1.807, 2.05) is 39.0 Å². The summed E-state index contributed by atoms with van der Waals surface area (Å²) in [5, 5.41) is 8.77. The molecule has 5 heteroatoms. The maximum absolute atomic E-state index is 12.3. The van der Waals surface area contributed by atoms with E-state index in [0.29, 0.717) is 13.0 Å². The van der Waals surface area contributed by atoms with Crippen molar-refractivity contribution in [2.45, 2.75) is 52.1 Å². The van der Waals surface area contributed by atoms with Gasteiger partial charge in [-0.15, -0.1) is 0 Å². The Morgan fingerprint density at radius 1 is 1.32 bits per heavy atom. The van der Waals surface area contributed by atoms with Crippen molar-refractivity contribution < 1.29 is 19.4 Å². The molecule has 0 fully saturated rings. The number of aryl methyl sites for hydroxylation is 2. The third-order valence-corrected chi connectivity index (χ3v) is 3.50. The quantitative estimate of drug-likeness (QED) is 0.929. The third-order valence-electron chi connectivity index (χ3n) is 3.50. The number of hydrogen-bond acceptors (Lipinski definition) is 3. The zero-order valence-electron chi connectivity index (χ0n) is 13.4. The minimum Gasteiger partial charge on any atom is -0.481 e. The fraction of sp³-hybridized carbons (Fsp3) is 0.529. The fourth-order valence-corrected chi connectivity index (χ4v) is 2.56. The molecule has 1 aromatic rings. The number of anilines is 1. The van der Waals surface area contributed by atoms with Gasteiger partial charge in [0.2, 0.25) is 0 Å². The van der Waals surface area contributed by atoms with Crippen LogP contribution in [0, 0.1) is 0 Å². The van der Waals surface area contributed by atoms with Gasteiger partial charge in [0.15, 0.2) is 0 Å². The fourth-order valence-electron chi connectivity index (χ4n) is 2.56. The summed E-state index contributed by atoms with van der Waals surface area (Å²) < 4.78 is 5.45. The van der Waals surface area contributed by atoms with E-state index in [1.165, 1.54) is 0 Å². The molecule has 0 saturated carbocycles. The molecule has 1 aliphatic rings. The molecule has 0 radical (unpaired) electrons. The first-order valence-electron chi connectivity index (χ1n) is 7.60. The van der Waals surface area contributed by atoms with Crippen molar-refractivity contribution in [3.63, 3.8) is 0 Å². The van der Waals surface area contributed by atoms with E-state index in [0.717, 1.165) is 29.7 Å². The first-order valence-corrected chi connectivity index (χ1v) is 7.60. The summed E-state index contributed by atoms with van der Waals surface area (Å²) in [6.07, 6.45) is 2.08. The van der Waals surface area contributed by atoms with E-state index >= 15 is 0 Å². The van der Waals surface area contributed by atoms with E-state index in [2.05, 4.69) is 0 Å². The van der Waals surface area contributed by atoms with Crippen LogP contribution in [0.1, 0.15) is 44.7 Å². The highest BCUT2D eigenvalue weighted by molar-refractivity contribution is 5.89. The third kappa shape index (κ3) is 4.23. The molecule has 1 aliphatic heterocycles. The van der Waals surface area contributed by atoms with Crippen molar-refractivity contribution in [3.05, 3.63) is 29.3 Å². The molecule has 5 nitrogen and oxygen atoms in total. The van der Waals surface area contributed by atoms with Crippen LogP contribution in [0.25, 0.3) is 0 Å². The Morgan fingerprint density at radius 2 is 2.05 bits per heavy atom. The number of fused-ring (bicyclic) bond motifs is 1. The van der Waals surface area contributed by atoms with Crippen molar-refractivity contribution in [3.8, 4) is 0 Å². The summed E-state index contributed by atoms with van der Waals surface area (Å²) in [6, 6.07) is 5.80. The molecule has 1 amide bonds. The Labute approximate surface area is 130 Å². The second-order valence-electron chi connectivity index (χ2n) is 6.59. The molecule has 0 aromatic heterocycles. The highest BCUT2D eigenvalue weighted by atomic mass is 16.6. The Balaban J connectivity index is 2.17. The average Bonchev–Trinajstić information content (AvgIpc) is 2.42. The van der Waals surface area contributed by atoms with Crippen LogP contribution in [0.15, 0.2) is 18.2 Å². The molecular weight excluding hydrogens is 282 g/mol. The molecule has 1 aromatic carbocycles. The number of amides is 1. The van der Waals surface area contributed by atoms with Gasteiger partial charge >= 0.3 is 12.1 Å². The van der Waals surface area contributed by atoms with Gasteiger partial charge in [-0.1, -0.05) is 12.1 Å². The molecule has 22 heavy (non-hydrogen) atoms.